The first-order chi connectivity index (χ1) is 18.9. The van der Waals surface area contributed by atoms with Crippen LogP contribution in [0.5, 0.6) is 17.2 Å². The Morgan fingerprint density at radius 1 is 1.08 bits per heavy atom. The lowest BCUT2D eigenvalue weighted by Crippen LogP contribution is -2.39. The van der Waals surface area contributed by atoms with Crippen LogP contribution in [-0.4, -0.2) is 64.4 Å². The number of aliphatic hydroxyl groups is 3. The number of nitriles is 1. The fourth-order valence-electron chi connectivity index (χ4n) is 3.86. The molecule has 4 aromatic rings. The second-order valence-corrected chi connectivity index (χ2v) is 8.96. The average Bonchev–Trinajstić information content (AvgIpc) is 3.32. The number of benzene rings is 2. The maximum Gasteiger partial charge on any atom is 0.339 e. The van der Waals surface area contributed by atoms with E-state index in [1.807, 2.05) is 0 Å². The molecule has 0 unspecified atom stereocenters. The minimum atomic E-state index is -1.18. The normalized spacial score (nSPS) is 11.2. The summed E-state index contributed by atoms with van der Waals surface area (Å²) in [6, 6.07) is 16.1. The zero-order valence-electron chi connectivity index (χ0n) is 21.4. The molecule has 2 heterocycles. The monoisotopic (exact) mass is 532 g/mol. The number of aromatic nitrogens is 2. The van der Waals surface area contributed by atoms with E-state index in [9.17, 15) is 25.4 Å². The number of nitrogens with one attached hydrogen (secondary N) is 1. The maximum atomic E-state index is 12.2. The van der Waals surface area contributed by atoms with Crippen LogP contribution in [0.1, 0.15) is 21.5 Å². The van der Waals surface area contributed by atoms with Gasteiger partial charge in [0.2, 0.25) is 0 Å². The van der Waals surface area contributed by atoms with Crippen molar-refractivity contribution in [3.8, 4) is 23.3 Å². The highest BCUT2D eigenvalue weighted by atomic mass is 16.5. The number of aliphatic hydroxyl groups excluding tert-OH is 3. The molecule has 0 radical (unpaired) electrons. The molecule has 2 aromatic carbocycles. The van der Waals surface area contributed by atoms with Gasteiger partial charge in [0.15, 0.2) is 11.5 Å². The van der Waals surface area contributed by atoms with E-state index in [1.54, 1.807) is 61.7 Å². The summed E-state index contributed by atoms with van der Waals surface area (Å²) >= 11 is 0. The highest BCUT2D eigenvalue weighted by Gasteiger charge is 2.29. The number of anilines is 2. The van der Waals surface area contributed by atoms with Crippen molar-refractivity contribution in [3.05, 3.63) is 77.6 Å². The standard InChI is InChI=1S/C28H28N4O7/c1-18-22(27(36)37-2)13-32-26(18)25(19(11-29)12-30-32)31-20-7-9-21(10-8-20)39-24-6-4-3-5-23(24)38-17-28(14-33,15-34)16-35/h3-10,12-13,31,33-35H,14-17H2,1-2H3. The van der Waals surface area contributed by atoms with Gasteiger partial charge < -0.3 is 34.8 Å². The molecule has 202 valence electrons. The van der Waals surface area contributed by atoms with E-state index in [1.165, 1.54) is 17.8 Å². The van der Waals surface area contributed by atoms with Gasteiger partial charge in [0.1, 0.15) is 18.4 Å². The Labute approximate surface area is 224 Å². The van der Waals surface area contributed by atoms with E-state index in [0.29, 0.717) is 50.8 Å². The second kappa shape index (κ2) is 11.8. The third-order valence-electron chi connectivity index (χ3n) is 6.32. The van der Waals surface area contributed by atoms with Crippen molar-refractivity contribution in [1.82, 2.24) is 9.61 Å². The molecule has 0 aliphatic carbocycles. The zero-order chi connectivity index (χ0) is 28.0. The predicted octanol–water partition coefficient (Wildman–Crippen LogP) is 3.18. The molecule has 0 saturated heterocycles. The highest BCUT2D eigenvalue weighted by molar-refractivity contribution is 5.97. The number of hydrogen-bond acceptors (Lipinski definition) is 10. The molecule has 0 aliphatic heterocycles. The number of esters is 1. The zero-order valence-corrected chi connectivity index (χ0v) is 21.4. The molecule has 0 spiro atoms. The van der Waals surface area contributed by atoms with Gasteiger partial charge in [-0.2, -0.15) is 10.4 Å². The van der Waals surface area contributed by atoms with Gasteiger partial charge in [-0.15, -0.1) is 0 Å². The van der Waals surface area contributed by atoms with Crippen LogP contribution in [0.2, 0.25) is 0 Å². The fourth-order valence-corrected chi connectivity index (χ4v) is 3.86. The topological polar surface area (TPSA) is 159 Å². The number of carbonyl (C=O) groups excluding carboxylic acids is 1. The number of aryl methyl sites for hydroxylation is 1. The number of carbonyl (C=O) groups is 1. The van der Waals surface area contributed by atoms with Gasteiger partial charge in [-0.1, -0.05) is 12.1 Å². The van der Waals surface area contributed by atoms with E-state index in [4.69, 9.17) is 14.2 Å². The van der Waals surface area contributed by atoms with E-state index < -0.39 is 31.2 Å². The molecule has 0 fully saturated rings. The fraction of sp³-hybridized carbons (Fsp3) is 0.250. The molecule has 0 atom stereocenters. The van der Waals surface area contributed by atoms with Gasteiger partial charge in [0.25, 0.3) is 0 Å². The van der Waals surface area contributed by atoms with Crippen molar-refractivity contribution in [2.24, 2.45) is 5.41 Å². The summed E-state index contributed by atoms with van der Waals surface area (Å²) in [6.45, 7) is 0.320. The molecule has 39 heavy (non-hydrogen) atoms. The SMILES string of the molecule is COC(=O)c1cn2ncc(C#N)c(Nc3ccc(Oc4ccccc4OCC(CO)(CO)CO)cc3)c2c1C. The molecule has 0 saturated carbocycles. The lowest BCUT2D eigenvalue weighted by atomic mass is 9.93. The number of methoxy groups -OCH3 is 1. The summed E-state index contributed by atoms with van der Waals surface area (Å²) in [5.74, 6) is 0.787. The molecular weight excluding hydrogens is 504 g/mol. The Kier molecular flexibility index (Phi) is 8.31. The van der Waals surface area contributed by atoms with Crippen LogP contribution in [0.15, 0.2) is 60.9 Å². The Balaban J connectivity index is 1.56. The summed E-state index contributed by atoms with van der Waals surface area (Å²) in [5.41, 5.74) is 1.82. The van der Waals surface area contributed by atoms with Gasteiger partial charge in [-0.05, 0) is 48.9 Å². The predicted molar refractivity (Wildman–Crippen MR) is 141 cm³/mol. The van der Waals surface area contributed by atoms with Gasteiger partial charge in [-0.25, -0.2) is 9.31 Å². The Morgan fingerprint density at radius 3 is 2.36 bits per heavy atom. The summed E-state index contributed by atoms with van der Waals surface area (Å²) in [6.07, 6.45) is 2.98. The van der Waals surface area contributed by atoms with Crippen molar-refractivity contribution in [2.75, 3.05) is 38.9 Å². The van der Waals surface area contributed by atoms with E-state index >= 15 is 0 Å². The lowest BCUT2D eigenvalue weighted by Gasteiger charge is -2.27. The van der Waals surface area contributed by atoms with Crippen LogP contribution in [0.25, 0.3) is 5.52 Å². The minimum Gasteiger partial charge on any atom is -0.489 e. The Hall–Kier alpha value is -4.63. The van der Waals surface area contributed by atoms with Crippen LogP contribution in [-0.2, 0) is 4.74 Å². The number of ether oxygens (including phenoxy) is 3. The van der Waals surface area contributed by atoms with E-state index in [2.05, 4.69) is 16.5 Å². The number of para-hydroxylation sites is 2. The third-order valence-corrected chi connectivity index (χ3v) is 6.32. The number of hydrogen-bond donors (Lipinski definition) is 4. The number of nitrogens with zero attached hydrogens (tertiary/aromatic N) is 3. The van der Waals surface area contributed by atoms with Crippen molar-refractivity contribution in [3.63, 3.8) is 0 Å². The molecule has 0 aliphatic rings. The number of fused-ring (bicyclic) bond motifs is 1. The summed E-state index contributed by atoms with van der Waals surface area (Å²) in [5, 5.41) is 45.8. The summed E-state index contributed by atoms with van der Waals surface area (Å²) in [7, 11) is 1.30. The molecule has 11 heteroatoms. The average molecular weight is 533 g/mol. The largest absolute Gasteiger partial charge is 0.489 e. The molecule has 0 bridgehead atoms. The molecule has 11 nitrogen and oxygen atoms in total. The van der Waals surface area contributed by atoms with Crippen LogP contribution < -0.4 is 14.8 Å². The van der Waals surface area contributed by atoms with E-state index in [-0.39, 0.29) is 6.61 Å². The molecule has 4 rings (SSSR count). The van der Waals surface area contributed by atoms with Crippen LogP contribution in [0.4, 0.5) is 11.4 Å². The second-order valence-electron chi connectivity index (χ2n) is 8.96. The first-order valence-corrected chi connectivity index (χ1v) is 12.0. The minimum absolute atomic E-state index is 0.113. The van der Waals surface area contributed by atoms with Gasteiger partial charge in [0, 0.05) is 11.9 Å². The summed E-state index contributed by atoms with van der Waals surface area (Å²) in [4.78, 5) is 12.2. The van der Waals surface area contributed by atoms with Crippen molar-refractivity contribution in [2.45, 2.75) is 6.92 Å². The first-order valence-electron chi connectivity index (χ1n) is 12.0. The van der Waals surface area contributed by atoms with Crippen molar-refractivity contribution < 1.29 is 34.3 Å². The van der Waals surface area contributed by atoms with Gasteiger partial charge in [-0.3, -0.25) is 0 Å². The van der Waals surface area contributed by atoms with Crippen LogP contribution >= 0.6 is 0 Å². The summed E-state index contributed by atoms with van der Waals surface area (Å²) < 4.78 is 18.1. The Bertz CT molecular complexity index is 1500. The molecule has 4 N–H and O–H groups in total. The van der Waals surface area contributed by atoms with Crippen LogP contribution in [0.3, 0.4) is 0 Å². The van der Waals surface area contributed by atoms with Gasteiger partial charge in [0.05, 0.1) is 60.9 Å². The first kappa shape index (κ1) is 27.4. The van der Waals surface area contributed by atoms with Crippen molar-refractivity contribution >= 4 is 22.9 Å². The highest BCUT2D eigenvalue weighted by Crippen LogP contribution is 2.34. The van der Waals surface area contributed by atoms with Crippen molar-refractivity contribution in [1.29, 1.82) is 5.26 Å². The Morgan fingerprint density at radius 2 is 1.74 bits per heavy atom. The molecular formula is C28H28N4O7. The maximum absolute atomic E-state index is 12.2. The van der Waals surface area contributed by atoms with Crippen LogP contribution in [0, 0.1) is 23.7 Å². The third kappa shape index (κ3) is 5.63. The quantitative estimate of drug-likeness (QED) is 0.211. The molecule has 2 aromatic heterocycles. The lowest BCUT2D eigenvalue weighted by molar-refractivity contribution is -0.0262. The van der Waals surface area contributed by atoms with E-state index in [0.717, 1.165) is 0 Å². The van der Waals surface area contributed by atoms with Gasteiger partial charge >= 0.3 is 5.97 Å². The molecule has 0 amide bonds. The number of rotatable bonds is 11. The smallest absolute Gasteiger partial charge is 0.339 e.